The van der Waals surface area contributed by atoms with Gasteiger partial charge in [0.1, 0.15) is 0 Å². The van der Waals surface area contributed by atoms with Crippen LogP contribution in [0, 0.1) is 0 Å². The van der Waals surface area contributed by atoms with Crippen molar-refractivity contribution in [2.75, 3.05) is 0 Å². The van der Waals surface area contributed by atoms with Crippen LogP contribution in [0.15, 0.2) is 64.0 Å². The monoisotopic (exact) mass is 367 g/mol. The quantitative estimate of drug-likeness (QED) is 0.662. The van der Waals surface area contributed by atoms with Crippen LogP contribution in [0.2, 0.25) is 0 Å². The minimum atomic E-state index is -4.05. The number of benzene rings is 2. The number of hydrogen-bond acceptors (Lipinski definition) is 4. The Bertz CT molecular complexity index is 770. The highest BCUT2D eigenvalue weighted by atomic mass is 79.9. The van der Waals surface area contributed by atoms with Gasteiger partial charge in [0.25, 0.3) is 15.8 Å². The standard InChI is InChI=1S/C14H10BrNO4S/c15-11-8-6-10(7-9-11)13(17)14(18)16-21(19,20)12-4-2-1-3-5-12/h1-9H,(H,16,18). The van der Waals surface area contributed by atoms with Crippen LogP contribution in [0.1, 0.15) is 10.4 Å². The summed E-state index contributed by atoms with van der Waals surface area (Å²) in [6.45, 7) is 0. The van der Waals surface area contributed by atoms with Gasteiger partial charge in [-0.3, -0.25) is 9.59 Å². The lowest BCUT2D eigenvalue weighted by molar-refractivity contribution is -0.115. The molecule has 0 bridgehead atoms. The maximum atomic E-state index is 11.9. The minimum absolute atomic E-state index is 0.0815. The summed E-state index contributed by atoms with van der Waals surface area (Å²) in [5.74, 6) is -2.11. The first-order valence-corrected chi connectivity index (χ1v) is 8.10. The SMILES string of the molecule is O=C(NS(=O)(=O)c1ccccc1)C(=O)c1ccc(Br)cc1. The molecule has 0 spiro atoms. The van der Waals surface area contributed by atoms with Crippen LogP contribution in [-0.4, -0.2) is 20.1 Å². The normalized spacial score (nSPS) is 10.9. The molecule has 7 heteroatoms. The van der Waals surface area contributed by atoms with Crippen molar-refractivity contribution in [1.29, 1.82) is 0 Å². The van der Waals surface area contributed by atoms with Gasteiger partial charge in [0.2, 0.25) is 0 Å². The number of halogens is 1. The van der Waals surface area contributed by atoms with Gasteiger partial charge in [-0.05, 0) is 36.4 Å². The van der Waals surface area contributed by atoms with E-state index in [1.54, 1.807) is 22.9 Å². The molecule has 0 saturated heterocycles. The summed E-state index contributed by atoms with van der Waals surface area (Å²) >= 11 is 3.20. The Balaban J connectivity index is 2.18. The predicted octanol–water partition coefficient (Wildman–Crippen LogP) is 2.14. The third-order valence-electron chi connectivity index (χ3n) is 2.59. The third kappa shape index (κ3) is 3.77. The Morgan fingerprint density at radius 1 is 0.905 bits per heavy atom. The van der Waals surface area contributed by atoms with Crippen molar-refractivity contribution in [3.63, 3.8) is 0 Å². The molecule has 5 nitrogen and oxygen atoms in total. The Labute approximate surface area is 130 Å². The highest BCUT2D eigenvalue weighted by molar-refractivity contribution is 9.10. The van der Waals surface area contributed by atoms with Gasteiger partial charge >= 0.3 is 5.91 Å². The number of hydrogen-bond donors (Lipinski definition) is 1. The molecule has 0 unspecified atom stereocenters. The van der Waals surface area contributed by atoms with Crippen LogP contribution in [0.3, 0.4) is 0 Å². The van der Waals surface area contributed by atoms with E-state index in [2.05, 4.69) is 15.9 Å². The molecule has 0 heterocycles. The number of Topliss-reactive ketones (excluding diaryl/α,β-unsaturated/α-hetero) is 1. The Morgan fingerprint density at radius 3 is 2.05 bits per heavy atom. The van der Waals surface area contributed by atoms with Gasteiger partial charge in [-0.2, -0.15) is 0 Å². The van der Waals surface area contributed by atoms with E-state index in [4.69, 9.17) is 0 Å². The smallest absolute Gasteiger partial charge is 0.283 e. The van der Waals surface area contributed by atoms with E-state index < -0.39 is 21.7 Å². The average Bonchev–Trinajstić information content (AvgIpc) is 2.48. The molecular formula is C14H10BrNO4S. The Hall–Kier alpha value is -1.99. The molecule has 0 aliphatic heterocycles. The number of ketones is 1. The maximum Gasteiger partial charge on any atom is 0.306 e. The van der Waals surface area contributed by atoms with Crippen molar-refractivity contribution < 1.29 is 18.0 Å². The molecule has 2 rings (SSSR count). The molecule has 1 amide bonds. The number of sulfonamides is 1. The lowest BCUT2D eigenvalue weighted by Gasteiger charge is -2.06. The number of carbonyl (C=O) groups excluding carboxylic acids is 2. The first kappa shape index (κ1) is 15.4. The van der Waals surface area contributed by atoms with Gasteiger partial charge in [-0.25, -0.2) is 13.1 Å². The summed E-state index contributed by atoms with van der Waals surface area (Å²) in [5, 5.41) is 0. The fourth-order valence-corrected chi connectivity index (χ4v) is 2.79. The van der Waals surface area contributed by atoms with Gasteiger partial charge in [-0.1, -0.05) is 34.1 Å². The molecule has 1 N–H and O–H groups in total. The summed E-state index contributed by atoms with van der Waals surface area (Å²) < 4.78 is 26.4. The van der Waals surface area contributed by atoms with E-state index >= 15 is 0 Å². The predicted molar refractivity (Wildman–Crippen MR) is 80.2 cm³/mol. The molecule has 2 aromatic rings. The molecule has 0 aromatic heterocycles. The Morgan fingerprint density at radius 2 is 1.48 bits per heavy atom. The molecular weight excluding hydrogens is 358 g/mol. The fourth-order valence-electron chi connectivity index (χ4n) is 1.56. The van der Waals surface area contributed by atoms with Crippen molar-refractivity contribution >= 4 is 37.6 Å². The lowest BCUT2D eigenvalue weighted by Crippen LogP contribution is -2.36. The summed E-state index contributed by atoms with van der Waals surface area (Å²) in [6, 6.07) is 13.4. The van der Waals surface area contributed by atoms with Crippen molar-refractivity contribution in [3.8, 4) is 0 Å². The van der Waals surface area contributed by atoms with E-state index in [1.807, 2.05) is 0 Å². The first-order chi connectivity index (χ1) is 9.90. The van der Waals surface area contributed by atoms with Crippen LogP contribution < -0.4 is 4.72 Å². The molecule has 21 heavy (non-hydrogen) atoms. The molecule has 0 aliphatic rings. The van der Waals surface area contributed by atoms with Gasteiger partial charge in [0, 0.05) is 10.0 Å². The maximum absolute atomic E-state index is 11.9. The van der Waals surface area contributed by atoms with E-state index in [-0.39, 0.29) is 10.5 Å². The van der Waals surface area contributed by atoms with Crippen LogP contribution in [0.5, 0.6) is 0 Å². The van der Waals surface area contributed by atoms with Gasteiger partial charge < -0.3 is 0 Å². The third-order valence-corrected chi connectivity index (χ3v) is 4.47. The summed E-state index contributed by atoms with van der Waals surface area (Å²) in [6.07, 6.45) is 0. The largest absolute Gasteiger partial charge is 0.306 e. The molecule has 2 aromatic carbocycles. The number of amides is 1. The zero-order chi connectivity index (χ0) is 15.5. The summed E-state index contributed by atoms with van der Waals surface area (Å²) in [7, 11) is -4.05. The topological polar surface area (TPSA) is 80.3 Å². The van der Waals surface area contributed by atoms with Crippen LogP contribution >= 0.6 is 15.9 Å². The second-order valence-corrected chi connectivity index (χ2v) is 6.68. The minimum Gasteiger partial charge on any atom is -0.283 e. The molecule has 0 radical (unpaired) electrons. The van der Waals surface area contributed by atoms with Crippen LogP contribution in [0.25, 0.3) is 0 Å². The number of carbonyl (C=O) groups is 2. The zero-order valence-corrected chi connectivity index (χ0v) is 13.0. The van der Waals surface area contributed by atoms with Crippen LogP contribution in [-0.2, 0) is 14.8 Å². The van der Waals surface area contributed by atoms with E-state index in [1.165, 1.54) is 36.4 Å². The molecule has 108 valence electrons. The van der Waals surface area contributed by atoms with Gasteiger partial charge in [0.15, 0.2) is 0 Å². The number of nitrogens with one attached hydrogen (secondary N) is 1. The van der Waals surface area contributed by atoms with Crippen molar-refractivity contribution in [3.05, 3.63) is 64.6 Å². The van der Waals surface area contributed by atoms with Gasteiger partial charge in [0.05, 0.1) is 4.90 Å². The zero-order valence-electron chi connectivity index (χ0n) is 10.6. The molecule has 0 atom stereocenters. The second kappa shape index (κ2) is 6.19. The van der Waals surface area contributed by atoms with Crippen LogP contribution in [0.4, 0.5) is 0 Å². The highest BCUT2D eigenvalue weighted by Crippen LogP contribution is 2.12. The van der Waals surface area contributed by atoms with Gasteiger partial charge in [-0.15, -0.1) is 0 Å². The molecule has 0 aliphatic carbocycles. The molecule has 0 saturated carbocycles. The van der Waals surface area contributed by atoms with Crippen molar-refractivity contribution in [1.82, 2.24) is 4.72 Å². The fraction of sp³-hybridized carbons (Fsp3) is 0. The number of rotatable bonds is 4. The second-order valence-electron chi connectivity index (χ2n) is 4.08. The first-order valence-electron chi connectivity index (χ1n) is 5.82. The van der Waals surface area contributed by atoms with E-state index in [9.17, 15) is 18.0 Å². The van der Waals surface area contributed by atoms with E-state index in [0.717, 1.165) is 4.47 Å². The Kier molecular flexibility index (Phi) is 4.54. The summed E-state index contributed by atoms with van der Waals surface area (Å²) in [5.41, 5.74) is 0.110. The van der Waals surface area contributed by atoms with E-state index in [0.29, 0.717) is 0 Å². The van der Waals surface area contributed by atoms with Crippen molar-refractivity contribution in [2.45, 2.75) is 4.90 Å². The highest BCUT2D eigenvalue weighted by Gasteiger charge is 2.23. The van der Waals surface area contributed by atoms with Crippen molar-refractivity contribution in [2.24, 2.45) is 0 Å². The average molecular weight is 368 g/mol. The molecule has 0 fully saturated rings. The lowest BCUT2D eigenvalue weighted by atomic mass is 10.1. The summed E-state index contributed by atoms with van der Waals surface area (Å²) in [4.78, 5) is 23.6.